The van der Waals surface area contributed by atoms with E-state index < -0.39 is 0 Å². The van der Waals surface area contributed by atoms with Gasteiger partial charge in [0.25, 0.3) is 0 Å². The Morgan fingerprint density at radius 1 is 1.12 bits per heavy atom. The molecule has 42 heavy (non-hydrogen) atoms. The lowest BCUT2D eigenvalue weighted by Gasteiger charge is -2.24. The number of allylic oxidation sites excluding steroid dienone is 5. The number of aromatic amines is 2. The number of hydrogen-bond donors (Lipinski definition) is 4. The van der Waals surface area contributed by atoms with E-state index in [-0.39, 0.29) is 5.82 Å². The van der Waals surface area contributed by atoms with E-state index in [9.17, 15) is 4.39 Å². The third kappa shape index (κ3) is 5.66. The van der Waals surface area contributed by atoms with Gasteiger partial charge in [-0.1, -0.05) is 31.4 Å². The number of hydrogen-bond acceptors (Lipinski definition) is 5. The van der Waals surface area contributed by atoms with Crippen LogP contribution in [0.2, 0.25) is 0 Å². The lowest BCUT2D eigenvalue weighted by Crippen LogP contribution is -2.28. The number of benzene rings is 1. The van der Waals surface area contributed by atoms with Crippen LogP contribution >= 0.6 is 0 Å². The molecule has 212 valence electrons. The highest BCUT2D eigenvalue weighted by Gasteiger charge is 2.17. The fourth-order valence-corrected chi connectivity index (χ4v) is 5.65. The summed E-state index contributed by atoms with van der Waals surface area (Å²) in [5, 5.41) is 16.4. The fraction of sp³-hybridized carbons (Fsp3) is 0.206. The Labute approximate surface area is 244 Å². The minimum absolute atomic E-state index is 0.277. The largest absolute Gasteiger partial charge is 0.359 e. The zero-order valence-corrected chi connectivity index (χ0v) is 23.7. The summed E-state index contributed by atoms with van der Waals surface area (Å²) in [6.45, 7) is 12.4. The first kappa shape index (κ1) is 27.4. The molecule has 0 spiro atoms. The minimum Gasteiger partial charge on any atom is -0.359 e. The van der Waals surface area contributed by atoms with Gasteiger partial charge in [0.2, 0.25) is 0 Å². The lowest BCUT2D eigenvalue weighted by atomic mass is 9.93. The Kier molecular flexibility index (Phi) is 7.79. The van der Waals surface area contributed by atoms with Gasteiger partial charge in [-0.2, -0.15) is 5.10 Å². The fourth-order valence-electron chi connectivity index (χ4n) is 5.65. The van der Waals surface area contributed by atoms with Crippen LogP contribution in [0.5, 0.6) is 0 Å². The van der Waals surface area contributed by atoms with Gasteiger partial charge in [-0.25, -0.2) is 9.37 Å². The van der Waals surface area contributed by atoms with Crippen LogP contribution in [0.15, 0.2) is 97.6 Å². The van der Waals surface area contributed by atoms with Crippen molar-refractivity contribution in [2.75, 3.05) is 13.1 Å². The standard InChI is InChI=1S/C34H34FN7/c1-4-23(17-26(5-2)39-21(3)15-22-9-12-36-13-10-22)30-19-29-32(20-38-30)41-42-33(29)31-18-28-27(11-14-37-34(28)40-31)24-7-6-8-25(35)16-24/h4-8,11,14,16-20,22,36,39H,2-3,9-10,12-13,15H2,1H3,(H,37,40)(H,41,42)/b23-4+,26-17+. The van der Waals surface area contributed by atoms with Crippen molar-refractivity contribution < 1.29 is 4.39 Å². The maximum absolute atomic E-state index is 14.0. The van der Waals surface area contributed by atoms with Gasteiger partial charge < -0.3 is 15.6 Å². The number of piperidine rings is 1. The second-order valence-corrected chi connectivity index (χ2v) is 10.7. The first-order valence-electron chi connectivity index (χ1n) is 14.3. The average Bonchev–Trinajstić information content (AvgIpc) is 3.63. The van der Waals surface area contributed by atoms with E-state index in [2.05, 4.69) is 44.0 Å². The summed E-state index contributed by atoms with van der Waals surface area (Å²) in [5.74, 6) is 0.369. The molecule has 5 heterocycles. The Morgan fingerprint density at radius 3 is 2.76 bits per heavy atom. The molecule has 6 rings (SSSR count). The molecule has 1 aliphatic heterocycles. The number of nitrogens with zero attached hydrogens (tertiary/aromatic N) is 3. The maximum atomic E-state index is 14.0. The quantitative estimate of drug-likeness (QED) is 0.143. The van der Waals surface area contributed by atoms with Crippen LogP contribution in [0.1, 0.15) is 31.9 Å². The van der Waals surface area contributed by atoms with Gasteiger partial charge in [0.15, 0.2) is 0 Å². The number of nitrogens with one attached hydrogen (secondary N) is 4. The molecule has 0 atom stereocenters. The molecule has 0 unspecified atom stereocenters. The molecule has 1 fully saturated rings. The maximum Gasteiger partial charge on any atom is 0.138 e. The van der Waals surface area contributed by atoms with Gasteiger partial charge in [0.1, 0.15) is 17.2 Å². The second-order valence-electron chi connectivity index (χ2n) is 10.7. The molecule has 4 aromatic heterocycles. The Bertz CT molecular complexity index is 1840. The highest BCUT2D eigenvalue weighted by Crippen LogP contribution is 2.34. The van der Waals surface area contributed by atoms with Gasteiger partial charge in [-0.05, 0) is 104 Å². The van der Waals surface area contributed by atoms with Crippen LogP contribution in [-0.4, -0.2) is 38.2 Å². The van der Waals surface area contributed by atoms with E-state index in [4.69, 9.17) is 4.98 Å². The van der Waals surface area contributed by atoms with Crippen molar-refractivity contribution in [1.82, 2.24) is 35.8 Å². The molecule has 0 aliphatic carbocycles. The summed E-state index contributed by atoms with van der Waals surface area (Å²) in [6.07, 6.45) is 12.7. The minimum atomic E-state index is -0.277. The van der Waals surface area contributed by atoms with E-state index in [1.807, 2.05) is 49.4 Å². The van der Waals surface area contributed by atoms with Crippen molar-refractivity contribution in [3.8, 4) is 22.5 Å². The van der Waals surface area contributed by atoms with Gasteiger partial charge in [-0.3, -0.25) is 10.1 Å². The SMILES string of the molecule is C=C/C(=C\C(=C/C)c1cc2c(-c3cc4c(-c5cccc(F)c5)ccnc4[nH]3)n[nH]c2cn1)NC(=C)CC1CCNCC1. The number of aromatic nitrogens is 5. The van der Waals surface area contributed by atoms with E-state index in [1.165, 1.54) is 25.0 Å². The molecular formula is C34H34FN7. The first-order valence-corrected chi connectivity index (χ1v) is 14.3. The monoisotopic (exact) mass is 559 g/mol. The Balaban J connectivity index is 1.30. The molecule has 4 N–H and O–H groups in total. The molecule has 8 heteroatoms. The third-order valence-electron chi connectivity index (χ3n) is 7.82. The van der Waals surface area contributed by atoms with Crippen molar-refractivity contribution in [2.24, 2.45) is 5.92 Å². The Morgan fingerprint density at radius 2 is 1.98 bits per heavy atom. The van der Waals surface area contributed by atoms with Crippen LogP contribution in [0.4, 0.5) is 4.39 Å². The van der Waals surface area contributed by atoms with Crippen molar-refractivity contribution in [3.05, 3.63) is 109 Å². The second kappa shape index (κ2) is 12.0. The van der Waals surface area contributed by atoms with Gasteiger partial charge in [-0.15, -0.1) is 0 Å². The summed E-state index contributed by atoms with van der Waals surface area (Å²) in [6, 6.07) is 12.5. The van der Waals surface area contributed by atoms with Crippen LogP contribution < -0.4 is 10.6 Å². The highest BCUT2D eigenvalue weighted by atomic mass is 19.1. The summed E-state index contributed by atoms with van der Waals surface area (Å²) in [5.41, 5.74) is 8.43. The molecule has 5 aromatic rings. The molecule has 1 saturated heterocycles. The highest BCUT2D eigenvalue weighted by molar-refractivity contribution is 6.00. The molecule has 7 nitrogen and oxygen atoms in total. The zero-order valence-electron chi connectivity index (χ0n) is 23.7. The van der Waals surface area contributed by atoms with Crippen LogP contribution in [0, 0.1) is 11.7 Å². The normalized spacial score (nSPS) is 14.9. The van der Waals surface area contributed by atoms with Gasteiger partial charge in [0.05, 0.1) is 23.1 Å². The van der Waals surface area contributed by atoms with E-state index in [1.54, 1.807) is 18.5 Å². The van der Waals surface area contributed by atoms with Gasteiger partial charge in [0, 0.05) is 28.4 Å². The number of H-pyrrole nitrogens is 2. The van der Waals surface area contributed by atoms with Gasteiger partial charge >= 0.3 is 0 Å². The third-order valence-corrected chi connectivity index (χ3v) is 7.82. The summed E-state index contributed by atoms with van der Waals surface area (Å²) < 4.78 is 14.0. The summed E-state index contributed by atoms with van der Waals surface area (Å²) in [7, 11) is 0. The molecule has 1 aliphatic rings. The number of fused-ring (bicyclic) bond motifs is 2. The molecule has 0 saturated carbocycles. The van der Waals surface area contributed by atoms with Crippen molar-refractivity contribution in [1.29, 1.82) is 0 Å². The summed E-state index contributed by atoms with van der Waals surface area (Å²) >= 11 is 0. The van der Waals surface area contributed by atoms with Crippen molar-refractivity contribution in [3.63, 3.8) is 0 Å². The van der Waals surface area contributed by atoms with Crippen LogP contribution in [-0.2, 0) is 0 Å². The predicted molar refractivity (Wildman–Crippen MR) is 169 cm³/mol. The van der Waals surface area contributed by atoms with Crippen LogP contribution in [0.25, 0.3) is 50.0 Å². The van der Waals surface area contributed by atoms with Crippen LogP contribution in [0.3, 0.4) is 0 Å². The number of pyridine rings is 2. The Hall–Kier alpha value is -4.82. The number of rotatable bonds is 9. The smallest absolute Gasteiger partial charge is 0.138 e. The number of halogens is 1. The zero-order chi connectivity index (χ0) is 29.1. The topological polar surface area (TPSA) is 94.3 Å². The van der Waals surface area contributed by atoms with E-state index >= 15 is 0 Å². The summed E-state index contributed by atoms with van der Waals surface area (Å²) in [4.78, 5) is 12.6. The molecule has 0 bridgehead atoms. The molecular weight excluding hydrogens is 525 g/mol. The van der Waals surface area contributed by atoms with E-state index in [0.29, 0.717) is 11.6 Å². The molecule has 1 aromatic carbocycles. The van der Waals surface area contributed by atoms with E-state index in [0.717, 1.165) is 81.0 Å². The van der Waals surface area contributed by atoms with Crippen molar-refractivity contribution in [2.45, 2.75) is 26.2 Å². The average molecular weight is 560 g/mol. The molecule has 0 radical (unpaired) electrons. The molecule has 0 amide bonds. The predicted octanol–water partition coefficient (Wildman–Crippen LogP) is 7.27. The lowest BCUT2D eigenvalue weighted by molar-refractivity contribution is 0.368. The first-order chi connectivity index (χ1) is 20.5. The van der Waals surface area contributed by atoms with Crippen molar-refractivity contribution >= 4 is 27.5 Å².